The number of carbonyl (C=O) groups is 1. The molecule has 1 heterocycles. The van der Waals surface area contributed by atoms with Gasteiger partial charge < -0.3 is 0 Å². The van der Waals surface area contributed by atoms with Gasteiger partial charge in [0.15, 0.2) is 4.75 Å². The van der Waals surface area contributed by atoms with Crippen LogP contribution < -0.4 is 0 Å². The summed E-state index contributed by atoms with van der Waals surface area (Å²) in [5.41, 5.74) is 0. The highest BCUT2D eigenvalue weighted by atomic mass is 32.2. The molecule has 1 rings (SSSR count). The maximum Gasteiger partial charge on any atom is 0.259 e. The molecule has 0 bridgehead atoms. The molecule has 0 aromatic heterocycles. The van der Waals surface area contributed by atoms with Gasteiger partial charge >= 0.3 is 0 Å². The first-order valence-corrected chi connectivity index (χ1v) is 6.25. The third-order valence-electron chi connectivity index (χ3n) is 2.22. The number of hydrogen-bond acceptors (Lipinski definition) is 4. The van der Waals surface area contributed by atoms with E-state index in [4.69, 9.17) is 0 Å². The van der Waals surface area contributed by atoms with Crippen LogP contribution in [-0.4, -0.2) is 35.7 Å². The fourth-order valence-corrected chi connectivity index (χ4v) is 2.81. The Labute approximate surface area is 89.4 Å². The first kappa shape index (κ1) is 11.6. The summed E-state index contributed by atoms with van der Waals surface area (Å²) in [4.78, 5) is 11.4. The predicted molar refractivity (Wildman–Crippen MR) is 57.7 cm³/mol. The summed E-state index contributed by atoms with van der Waals surface area (Å²) in [5.74, 6) is 0.187. The van der Waals surface area contributed by atoms with Crippen LogP contribution in [0.25, 0.3) is 0 Å². The van der Waals surface area contributed by atoms with E-state index in [1.807, 2.05) is 0 Å². The van der Waals surface area contributed by atoms with Gasteiger partial charge in [0.2, 0.25) is 0 Å². The second-order valence-corrected chi connectivity index (χ2v) is 6.28. The van der Waals surface area contributed by atoms with E-state index in [-0.39, 0.29) is 12.5 Å². The Morgan fingerprint density at radius 3 is 2.43 bits per heavy atom. The number of hydrogen-bond donors (Lipinski definition) is 1. The van der Waals surface area contributed by atoms with E-state index in [9.17, 15) is 13.2 Å². The summed E-state index contributed by atoms with van der Waals surface area (Å²) in [6.07, 6.45) is 3.33. The lowest BCUT2D eigenvalue weighted by atomic mass is 10.2. The second kappa shape index (κ2) is 3.58. The molecule has 0 saturated carbocycles. The summed E-state index contributed by atoms with van der Waals surface area (Å²) in [6.45, 7) is 2.96. The van der Waals surface area contributed by atoms with E-state index in [0.29, 0.717) is 5.75 Å². The average Bonchev–Trinajstić information content (AvgIpc) is 2.11. The number of amides is 1. The Morgan fingerprint density at radius 2 is 2.00 bits per heavy atom. The van der Waals surface area contributed by atoms with Crippen LogP contribution in [0, 0.1) is 0 Å². The summed E-state index contributed by atoms with van der Waals surface area (Å²) in [7, 11) is -3.42. The van der Waals surface area contributed by atoms with Gasteiger partial charge in [-0.05, 0) is 13.8 Å². The molecule has 0 atom stereocenters. The van der Waals surface area contributed by atoms with E-state index in [1.54, 1.807) is 12.2 Å². The first-order chi connectivity index (χ1) is 6.35. The van der Waals surface area contributed by atoms with Gasteiger partial charge in [0.05, 0.1) is 6.54 Å². The Balaban J connectivity index is 2.77. The van der Waals surface area contributed by atoms with Crippen molar-refractivity contribution in [3.05, 3.63) is 12.2 Å². The molecule has 1 aliphatic heterocycles. The molecule has 1 saturated heterocycles. The zero-order valence-corrected chi connectivity index (χ0v) is 9.81. The van der Waals surface area contributed by atoms with Crippen molar-refractivity contribution in [2.45, 2.75) is 18.6 Å². The van der Waals surface area contributed by atoms with Gasteiger partial charge in [-0.2, -0.15) is 12.6 Å². The first-order valence-electron chi connectivity index (χ1n) is 4.18. The minimum atomic E-state index is -3.42. The van der Waals surface area contributed by atoms with Crippen molar-refractivity contribution >= 4 is 28.6 Å². The van der Waals surface area contributed by atoms with E-state index >= 15 is 0 Å². The van der Waals surface area contributed by atoms with Crippen molar-refractivity contribution in [3.8, 4) is 0 Å². The lowest BCUT2D eigenvalue weighted by Crippen LogP contribution is -2.67. The lowest BCUT2D eigenvalue weighted by Gasteiger charge is -2.42. The van der Waals surface area contributed by atoms with Crippen molar-refractivity contribution < 1.29 is 13.2 Å². The Bertz CT molecular complexity index is 370. The Morgan fingerprint density at radius 1 is 1.43 bits per heavy atom. The molecular weight excluding hydrogens is 222 g/mol. The molecule has 1 fully saturated rings. The molecule has 0 aromatic carbocycles. The fraction of sp³-hybridized carbons (Fsp3) is 0.625. The Kier molecular flexibility index (Phi) is 2.96. The average molecular weight is 235 g/mol. The van der Waals surface area contributed by atoms with E-state index in [1.165, 1.54) is 13.8 Å². The van der Waals surface area contributed by atoms with Crippen molar-refractivity contribution in [2.75, 3.05) is 12.3 Å². The number of nitrogens with zero attached hydrogens (tertiary/aromatic N) is 1. The summed E-state index contributed by atoms with van der Waals surface area (Å²) >= 11 is 3.93. The van der Waals surface area contributed by atoms with Crippen LogP contribution in [-0.2, 0) is 14.8 Å². The van der Waals surface area contributed by atoms with Gasteiger partial charge in [0, 0.05) is 5.75 Å². The standard InChI is InChI=1S/C8H13NO3S2/c1-8(2)7(10)9(14(8,11)12)5-3-4-6-13/h3-4,13H,5-6H2,1-2H3/b4-3+. The molecule has 4 nitrogen and oxygen atoms in total. The number of thiol groups is 1. The van der Waals surface area contributed by atoms with Gasteiger partial charge in [-0.25, -0.2) is 12.7 Å². The highest BCUT2D eigenvalue weighted by Crippen LogP contribution is 2.34. The molecule has 0 spiro atoms. The number of carbonyl (C=O) groups excluding carboxylic acids is 1. The zero-order chi connectivity index (χ0) is 11.0. The third-order valence-corrected chi connectivity index (χ3v) is 4.79. The molecule has 1 aliphatic rings. The molecule has 0 aromatic rings. The van der Waals surface area contributed by atoms with Crippen LogP contribution >= 0.6 is 12.6 Å². The molecule has 80 valence electrons. The van der Waals surface area contributed by atoms with Crippen molar-refractivity contribution in [3.63, 3.8) is 0 Å². The van der Waals surface area contributed by atoms with Crippen LogP contribution in [0.2, 0.25) is 0 Å². The smallest absolute Gasteiger partial charge is 0.259 e. The van der Waals surface area contributed by atoms with Crippen molar-refractivity contribution in [1.29, 1.82) is 0 Å². The van der Waals surface area contributed by atoms with Crippen LogP contribution in [0.4, 0.5) is 0 Å². The molecule has 0 unspecified atom stereocenters. The van der Waals surface area contributed by atoms with Gasteiger partial charge in [0.25, 0.3) is 15.9 Å². The monoisotopic (exact) mass is 235 g/mol. The third kappa shape index (κ3) is 1.46. The SMILES string of the molecule is CC1(C)C(=O)N(C/C=C/CS)S1(=O)=O. The lowest BCUT2D eigenvalue weighted by molar-refractivity contribution is -0.131. The largest absolute Gasteiger partial charge is 0.272 e. The molecule has 6 heteroatoms. The van der Waals surface area contributed by atoms with E-state index in [2.05, 4.69) is 12.6 Å². The van der Waals surface area contributed by atoms with Gasteiger partial charge in [0.1, 0.15) is 0 Å². The maximum atomic E-state index is 11.5. The van der Waals surface area contributed by atoms with E-state index in [0.717, 1.165) is 4.31 Å². The molecule has 14 heavy (non-hydrogen) atoms. The molecular formula is C8H13NO3S2. The van der Waals surface area contributed by atoms with Gasteiger partial charge in [-0.15, -0.1) is 0 Å². The topological polar surface area (TPSA) is 54.5 Å². The normalized spacial score (nSPS) is 23.9. The van der Waals surface area contributed by atoms with Crippen LogP contribution in [0.3, 0.4) is 0 Å². The van der Waals surface area contributed by atoms with Gasteiger partial charge in [-0.1, -0.05) is 12.2 Å². The van der Waals surface area contributed by atoms with E-state index < -0.39 is 14.8 Å². The minimum Gasteiger partial charge on any atom is -0.272 e. The molecule has 1 amide bonds. The minimum absolute atomic E-state index is 0.116. The summed E-state index contributed by atoms with van der Waals surface area (Å²) in [5, 5.41) is 0. The van der Waals surface area contributed by atoms with Crippen LogP contribution in [0.5, 0.6) is 0 Å². The number of rotatable bonds is 3. The molecule has 0 aliphatic carbocycles. The van der Waals surface area contributed by atoms with Gasteiger partial charge in [-0.3, -0.25) is 4.79 Å². The zero-order valence-electron chi connectivity index (χ0n) is 8.10. The number of sulfonamides is 1. The van der Waals surface area contributed by atoms with Crippen LogP contribution in [0.1, 0.15) is 13.8 Å². The van der Waals surface area contributed by atoms with Crippen LogP contribution in [0.15, 0.2) is 12.2 Å². The fourth-order valence-electron chi connectivity index (χ4n) is 1.18. The summed E-state index contributed by atoms with van der Waals surface area (Å²) in [6, 6.07) is 0. The molecule has 0 N–H and O–H groups in total. The van der Waals surface area contributed by atoms with Crippen molar-refractivity contribution in [1.82, 2.24) is 4.31 Å². The molecule has 0 radical (unpaired) electrons. The highest BCUT2D eigenvalue weighted by molar-refractivity contribution is 7.94. The highest BCUT2D eigenvalue weighted by Gasteiger charge is 2.59. The second-order valence-electron chi connectivity index (χ2n) is 3.51. The van der Waals surface area contributed by atoms with Crippen molar-refractivity contribution in [2.24, 2.45) is 0 Å². The maximum absolute atomic E-state index is 11.5. The Hall–Kier alpha value is -0.490. The summed E-state index contributed by atoms with van der Waals surface area (Å²) < 4.78 is 22.7. The quantitative estimate of drug-likeness (QED) is 0.570. The predicted octanol–water partition coefficient (Wildman–Crippen LogP) is 0.423.